The van der Waals surface area contributed by atoms with Gasteiger partial charge in [-0.05, 0) is 25.2 Å². The second-order valence-corrected chi connectivity index (χ2v) is 6.46. The molecule has 1 saturated heterocycles. The quantitative estimate of drug-likeness (QED) is 0.726. The summed E-state index contributed by atoms with van der Waals surface area (Å²) in [5.41, 5.74) is -0.117. The molecule has 0 N–H and O–H groups in total. The summed E-state index contributed by atoms with van der Waals surface area (Å²) in [7, 11) is -3.03. The molecular formula is C10H21NO2S. The Morgan fingerprint density at radius 2 is 2.00 bits per heavy atom. The number of rotatable bonds is 3. The van der Waals surface area contributed by atoms with Crippen molar-refractivity contribution in [3.63, 3.8) is 0 Å². The van der Waals surface area contributed by atoms with Crippen LogP contribution in [-0.2, 0) is 10.0 Å². The van der Waals surface area contributed by atoms with Crippen LogP contribution in [-0.4, -0.2) is 31.1 Å². The van der Waals surface area contributed by atoms with E-state index in [-0.39, 0.29) is 5.54 Å². The zero-order valence-corrected chi connectivity index (χ0v) is 10.4. The Labute approximate surface area is 87.5 Å². The number of hydrogen-bond donors (Lipinski definition) is 0. The molecule has 0 spiro atoms. The monoisotopic (exact) mass is 219 g/mol. The fraction of sp³-hybridized carbons (Fsp3) is 1.00. The molecule has 0 aromatic heterocycles. The maximum atomic E-state index is 11.6. The van der Waals surface area contributed by atoms with Crippen LogP contribution < -0.4 is 0 Å². The van der Waals surface area contributed by atoms with Crippen LogP contribution in [0.4, 0.5) is 0 Å². The molecular weight excluding hydrogens is 198 g/mol. The van der Waals surface area contributed by atoms with Crippen LogP contribution in [0.2, 0.25) is 0 Å². The molecule has 1 aliphatic heterocycles. The lowest BCUT2D eigenvalue weighted by atomic mass is 9.83. The van der Waals surface area contributed by atoms with E-state index < -0.39 is 10.0 Å². The third-order valence-corrected chi connectivity index (χ3v) is 4.90. The van der Waals surface area contributed by atoms with Gasteiger partial charge in [0.15, 0.2) is 0 Å². The van der Waals surface area contributed by atoms with Gasteiger partial charge in [0.25, 0.3) is 0 Å². The summed E-state index contributed by atoms with van der Waals surface area (Å²) in [6.07, 6.45) is 4.25. The van der Waals surface area contributed by atoms with Crippen molar-refractivity contribution < 1.29 is 8.42 Å². The van der Waals surface area contributed by atoms with E-state index in [1.54, 1.807) is 4.31 Å². The van der Waals surface area contributed by atoms with Crippen LogP contribution in [0.25, 0.3) is 0 Å². The first-order valence-electron chi connectivity index (χ1n) is 5.32. The maximum absolute atomic E-state index is 11.6. The highest BCUT2D eigenvalue weighted by Gasteiger charge is 2.46. The predicted molar refractivity (Wildman–Crippen MR) is 58.6 cm³/mol. The summed E-state index contributed by atoms with van der Waals surface area (Å²) in [6.45, 7) is 7.02. The van der Waals surface area contributed by atoms with Crippen molar-refractivity contribution in [1.82, 2.24) is 4.31 Å². The molecule has 0 aromatic carbocycles. The van der Waals surface area contributed by atoms with Gasteiger partial charge in [0.05, 0.1) is 6.26 Å². The van der Waals surface area contributed by atoms with Gasteiger partial charge in [-0.1, -0.05) is 20.8 Å². The molecule has 1 heterocycles. The smallest absolute Gasteiger partial charge is 0.211 e. The predicted octanol–water partition coefficient (Wildman–Crippen LogP) is 1.85. The summed E-state index contributed by atoms with van der Waals surface area (Å²) in [5.74, 6) is 0.393. The van der Waals surface area contributed by atoms with Gasteiger partial charge in [-0.25, -0.2) is 8.42 Å². The van der Waals surface area contributed by atoms with Gasteiger partial charge < -0.3 is 0 Å². The molecule has 0 amide bonds. The molecule has 0 radical (unpaired) electrons. The number of hydrogen-bond acceptors (Lipinski definition) is 2. The summed E-state index contributed by atoms with van der Waals surface area (Å²) in [6, 6.07) is 0. The lowest BCUT2D eigenvalue weighted by Crippen LogP contribution is -2.50. The van der Waals surface area contributed by atoms with Crippen LogP contribution in [0.1, 0.15) is 40.0 Å². The fourth-order valence-corrected chi connectivity index (χ4v) is 4.26. The summed E-state index contributed by atoms with van der Waals surface area (Å²) in [4.78, 5) is 0. The standard InChI is InChI=1S/C10H21NO2S/c1-5-10(9(2)3)7-6-8-11(10)14(4,12)13/h9H,5-8H2,1-4H3. The average molecular weight is 219 g/mol. The van der Waals surface area contributed by atoms with Gasteiger partial charge >= 0.3 is 0 Å². The van der Waals surface area contributed by atoms with Gasteiger partial charge in [0.1, 0.15) is 0 Å². The maximum Gasteiger partial charge on any atom is 0.211 e. The largest absolute Gasteiger partial charge is 0.212 e. The van der Waals surface area contributed by atoms with E-state index in [4.69, 9.17) is 0 Å². The Kier molecular flexibility index (Phi) is 3.26. The first kappa shape index (κ1) is 12.0. The van der Waals surface area contributed by atoms with E-state index in [0.717, 1.165) is 19.3 Å². The van der Waals surface area contributed by atoms with Crippen LogP contribution in [0.15, 0.2) is 0 Å². The SMILES string of the molecule is CCC1(C(C)C)CCCN1S(C)(=O)=O. The van der Waals surface area contributed by atoms with E-state index >= 15 is 0 Å². The number of sulfonamides is 1. The molecule has 0 bridgehead atoms. The molecule has 84 valence electrons. The van der Waals surface area contributed by atoms with Gasteiger partial charge in [-0.2, -0.15) is 4.31 Å². The summed E-state index contributed by atoms with van der Waals surface area (Å²) in [5, 5.41) is 0. The van der Waals surface area contributed by atoms with E-state index in [1.807, 2.05) is 0 Å². The molecule has 0 aliphatic carbocycles. The minimum Gasteiger partial charge on any atom is -0.212 e. The van der Waals surface area contributed by atoms with Gasteiger partial charge in [-0.15, -0.1) is 0 Å². The van der Waals surface area contributed by atoms with Crippen molar-refractivity contribution in [2.24, 2.45) is 5.92 Å². The van der Waals surface area contributed by atoms with Crippen molar-refractivity contribution in [3.05, 3.63) is 0 Å². The first-order valence-corrected chi connectivity index (χ1v) is 7.17. The van der Waals surface area contributed by atoms with Gasteiger partial charge in [0.2, 0.25) is 10.0 Å². The lowest BCUT2D eigenvalue weighted by Gasteiger charge is -2.39. The Balaban J connectivity index is 3.07. The molecule has 1 aliphatic rings. The lowest BCUT2D eigenvalue weighted by molar-refractivity contribution is 0.163. The molecule has 1 rings (SSSR count). The van der Waals surface area contributed by atoms with E-state index in [2.05, 4.69) is 20.8 Å². The Morgan fingerprint density at radius 3 is 2.29 bits per heavy atom. The highest BCUT2D eigenvalue weighted by Crippen LogP contribution is 2.40. The third-order valence-electron chi connectivity index (χ3n) is 3.55. The molecule has 1 atom stereocenters. The van der Waals surface area contributed by atoms with Crippen molar-refractivity contribution in [3.8, 4) is 0 Å². The molecule has 1 unspecified atom stereocenters. The second-order valence-electron chi connectivity index (χ2n) is 4.55. The second kappa shape index (κ2) is 3.81. The Morgan fingerprint density at radius 1 is 1.43 bits per heavy atom. The molecule has 0 saturated carbocycles. The van der Waals surface area contributed by atoms with Crippen LogP contribution in [0.3, 0.4) is 0 Å². The molecule has 14 heavy (non-hydrogen) atoms. The molecule has 3 nitrogen and oxygen atoms in total. The van der Waals surface area contributed by atoms with Crippen LogP contribution >= 0.6 is 0 Å². The average Bonchev–Trinajstić information content (AvgIpc) is 2.47. The Hall–Kier alpha value is -0.0900. The van der Waals surface area contributed by atoms with Gasteiger partial charge in [-0.3, -0.25) is 0 Å². The highest BCUT2D eigenvalue weighted by atomic mass is 32.2. The van der Waals surface area contributed by atoms with Crippen molar-refractivity contribution >= 4 is 10.0 Å². The third kappa shape index (κ3) is 1.82. The topological polar surface area (TPSA) is 37.4 Å². The van der Waals surface area contributed by atoms with Crippen LogP contribution in [0.5, 0.6) is 0 Å². The van der Waals surface area contributed by atoms with E-state index in [9.17, 15) is 8.42 Å². The van der Waals surface area contributed by atoms with Crippen molar-refractivity contribution in [2.75, 3.05) is 12.8 Å². The minimum atomic E-state index is -3.03. The van der Waals surface area contributed by atoms with Gasteiger partial charge in [0, 0.05) is 12.1 Å². The normalized spacial score (nSPS) is 30.1. The molecule has 0 aromatic rings. The zero-order chi connectivity index (χ0) is 11.0. The highest BCUT2D eigenvalue weighted by molar-refractivity contribution is 7.88. The molecule has 4 heteroatoms. The minimum absolute atomic E-state index is 0.117. The van der Waals surface area contributed by atoms with E-state index in [1.165, 1.54) is 6.26 Å². The first-order chi connectivity index (χ1) is 6.34. The van der Waals surface area contributed by atoms with Crippen molar-refractivity contribution in [1.29, 1.82) is 0 Å². The van der Waals surface area contributed by atoms with E-state index in [0.29, 0.717) is 12.5 Å². The van der Waals surface area contributed by atoms with Crippen molar-refractivity contribution in [2.45, 2.75) is 45.6 Å². The van der Waals surface area contributed by atoms with Crippen LogP contribution in [0, 0.1) is 5.92 Å². The zero-order valence-electron chi connectivity index (χ0n) is 9.58. The summed E-state index contributed by atoms with van der Waals surface area (Å²) >= 11 is 0. The summed E-state index contributed by atoms with van der Waals surface area (Å²) < 4.78 is 25.0. The fourth-order valence-electron chi connectivity index (χ4n) is 2.71. The molecule has 1 fully saturated rings. The number of nitrogens with zero attached hydrogens (tertiary/aromatic N) is 1. The Bertz CT molecular complexity index is 297.